The molecule has 1 aliphatic rings. The minimum absolute atomic E-state index is 0.0567. The number of nitrogens with zero attached hydrogens (tertiary/aromatic N) is 1. The van der Waals surface area contributed by atoms with Crippen molar-refractivity contribution in [2.45, 2.75) is 32.0 Å². The van der Waals surface area contributed by atoms with E-state index in [1.54, 1.807) is 0 Å². The first-order valence-corrected chi connectivity index (χ1v) is 9.55. The first-order chi connectivity index (χ1) is 13.2. The maximum Gasteiger partial charge on any atom is 0.122 e. The van der Waals surface area contributed by atoms with Crippen LogP contribution in [0.4, 0.5) is 5.69 Å². The molecule has 3 aromatic rings. The number of hydrogen-bond donors (Lipinski definition) is 0. The Morgan fingerprint density at radius 3 is 1.78 bits per heavy atom. The molecule has 0 radical (unpaired) electrons. The van der Waals surface area contributed by atoms with Crippen LogP contribution in [-0.2, 0) is 4.74 Å². The largest absolute Gasteiger partial charge is 0.493 e. The molecule has 0 saturated carbocycles. The van der Waals surface area contributed by atoms with E-state index in [1.807, 2.05) is 0 Å². The van der Waals surface area contributed by atoms with Crippen molar-refractivity contribution in [1.82, 2.24) is 0 Å². The van der Waals surface area contributed by atoms with Gasteiger partial charge in [0.15, 0.2) is 0 Å². The van der Waals surface area contributed by atoms with E-state index < -0.39 is 0 Å². The molecule has 1 aliphatic heterocycles. The summed E-state index contributed by atoms with van der Waals surface area (Å²) in [5.41, 5.74) is 3.70. The van der Waals surface area contributed by atoms with E-state index in [9.17, 15) is 0 Å². The van der Waals surface area contributed by atoms with Crippen molar-refractivity contribution >= 4 is 5.69 Å². The maximum absolute atomic E-state index is 6.30. The van der Waals surface area contributed by atoms with Crippen LogP contribution in [0.3, 0.4) is 0 Å². The van der Waals surface area contributed by atoms with Crippen molar-refractivity contribution in [3.05, 3.63) is 114 Å². The highest BCUT2D eigenvalue weighted by molar-refractivity contribution is 5.58. The molecule has 0 amide bonds. The molecule has 0 bridgehead atoms. The lowest BCUT2D eigenvalue weighted by molar-refractivity contribution is 0.136. The summed E-state index contributed by atoms with van der Waals surface area (Å²) in [5, 5.41) is 0. The Kier molecular flexibility index (Phi) is 4.97. The molecular weight excluding hydrogens is 330 g/mol. The van der Waals surface area contributed by atoms with E-state index >= 15 is 0 Å². The molecule has 2 heteroatoms. The molecule has 0 aliphatic carbocycles. The molecule has 0 aromatic heterocycles. The fourth-order valence-electron chi connectivity index (χ4n) is 3.78. The summed E-state index contributed by atoms with van der Waals surface area (Å²) in [4.78, 5) is 2.46. The lowest BCUT2D eigenvalue weighted by atomic mass is 10.0. The van der Waals surface area contributed by atoms with Gasteiger partial charge in [-0.3, -0.25) is 0 Å². The number of hydrogen-bond acceptors (Lipinski definition) is 2. The number of anilines is 1. The molecule has 4 rings (SSSR count). The monoisotopic (exact) mass is 355 g/mol. The third kappa shape index (κ3) is 3.61. The second-order valence-corrected chi connectivity index (χ2v) is 7.15. The Hall–Kier alpha value is -3.00. The number of ether oxygens (including phenoxy) is 1. The van der Waals surface area contributed by atoms with Crippen LogP contribution in [0.2, 0.25) is 0 Å². The van der Waals surface area contributed by atoms with Crippen LogP contribution in [0.25, 0.3) is 0 Å². The second kappa shape index (κ2) is 7.71. The molecule has 1 heterocycles. The third-order valence-electron chi connectivity index (χ3n) is 4.85. The standard InChI is InChI=1S/C25H25NO/c1-19(2)27-24-18-23(20-12-6-3-7-13-20)26(22-16-10-5-11-17-22)25(24)21-14-8-4-9-15-21/h3-19,23,25H,1-2H3/t23-,25+/m0/s1. The Morgan fingerprint density at radius 1 is 0.704 bits per heavy atom. The van der Waals surface area contributed by atoms with Gasteiger partial charge in [0, 0.05) is 5.69 Å². The van der Waals surface area contributed by atoms with E-state index in [0.717, 1.165) is 5.76 Å². The number of benzene rings is 3. The van der Waals surface area contributed by atoms with Gasteiger partial charge in [-0.1, -0.05) is 78.9 Å². The van der Waals surface area contributed by atoms with Gasteiger partial charge in [-0.2, -0.15) is 0 Å². The summed E-state index contributed by atoms with van der Waals surface area (Å²) in [6.07, 6.45) is 2.41. The summed E-state index contributed by atoms with van der Waals surface area (Å²) in [6, 6.07) is 32.1. The summed E-state index contributed by atoms with van der Waals surface area (Å²) >= 11 is 0. The smallest absolute Gasteiger partial charge is 0.122 e. The van der Waals surface area contributed by atoms with Crippen molar-refractivity contribution in [2.75, 3.05) is 4.90 Å². The SMILES string of the molecule is CC(C)OC1=C[C@@H](c2ccccc2)N(c2ccccc2)[C@@H]1c1ccccc1. The number of rotatable bonds is 5. The fraction of sp³-hybridized carbons (Fsp3) is 0.200. The Morgan fingerprint density at radius 2 is 1.22 bits per heavy atom. The van der Waals surface area contributed by atoms with Crippen molar-refractivity contribution in [2.24, 2.45) is 0 Å². The molecule has 2 atom stereocenters. The molecule has 2 nitrogen and oxygen atoms in total. The zero-order valence-electron chi connectivity index (χ0n) is 15.8. The van der Waals surface area contributed by atoms with Crippen LogP contribution < -0.4 is 4.90 Å². The molecule has 0 N–H and O–H groups in total. The highest BCUT2D eigenvalue weighted by atomic mass is 16.5. The van der Waals surface area contributed by atoms with Crippen LogP contribution in [0.1, 0.15) is 37.1 Å². The topological polar surface area (TPSA) is 12.5 Å². The van der Waals surface area contributed by atoms with Gasteiger partial charge in [-0.15, -0.1) is 0 Å². The van der Waals surface area contributed by atoms with Gasteiger partial charge in [0.2, 0.25) is 0 Å². The Bertz CT molecular complexity index is 887. The Balaban J connectivity index is 1.85. The van der Waals surface area contributed by atoms with Crippen LogP contribution in [0.15, 0.2) is 103 Å². The van der Waals surface area contributed by atoms with Gasteiger partial charge < -0.3 is 9.64 Å². The van der Waals surface area contributed by atoms with Crippen LogP contribution >= 0.6 is 0 Å². The van der Waals surface area contributed by atoms with Gasteiger partial charge >= 0.3 is 0 Å². The number of para-hydroxylation sites is 1. The molecule has 0 saturated heterocycles. The molecule has 0 spiro atoms. The molecular formula is C25H25NO. The van der Waals surface area contributed by atoms with Gasteiger partial charge in [0.1, 0.15) is 11.8 Å². The highest BCUT2D eigenvalue weighted by Gasteiger charge is 2.38. The van der Waals surface area contributed by atoms with Gasteiger partial charge in [-0.05, 0) is 43.2 Å². The summed E-state index contributed by atoms with van der Waals surface area (Å²) < 4.78 is 6.30. The quantitative estimate of drug-likeness (QED) is 0.532. The molecule has 0 unspecified atom stereocenters. The molecule has 0 fully saturated rings. The fourth-order valence-corrected chi connectivity index (χ4v) is 3.78. The maximum atomic E-state index is 6.30. The normalized spacial score (nSPS) is 19.2. The molecule has 27 heavy (non-hydrogen) atoms. The minimum atomic E-state index is 0.0567. The van der Waals surface area contributed by atoms with Crippen molar-refractivity contribution in [3.8, 4) is 0 Å². The van der Waals surface area contributed by atoms with E-state index in [-0.39, 0.29) is 18.2 Å². The van der Waals surface area contributed by atoms with Gasteiger partial charge in [-0.25, -0.2) is 0 Å². The van der Waals surface area contributed by atoms with E-state index in [4.69, 9.17) is 4.74 Å². The van der Waals surface area contributed by atoms with Crippen LogP contribution in [0, 0.1) is 0 Å². The average Bonchev–Trinajstić information content (AvgIpc) is 3.08. The average molecular weight is 355 g/mol. The van der Waals surface area contributed by atoms with Gasteiger partial charge in [0.25, 0.3) is 0 Å². The van der Waals surface area contributed by atoms with Crippen molar-refractivity contribution in [3.63, 3.8) is 0 Å². The summed E-state index contributed by atoms with van der Waals surface area (Å²) in [6.45, 7) is 4.18. The lowest BCUT2D eigenvalue weighted by Gasteiger charge is -2.34. The molecule has 3 aromatic carbocycles. The van der Waals surface area contributed by atoms with Crippen molar-refractivity contribution < 1.29 is 4.74 Å². The first-order valence-electron chi connectivity index (χ1n) is 9.55. The van der Waals surface area contributed by atoms with E-state index in [2.05, 4.69) is 116 Å². The Labute approximate surface area is 161 Å². The van der Waals surface area contributed by atoms with Gasteiger partial charge in [0.05, 0.1) is 12.1 Å². The zero-order valence-corrected chi connectivity index (χ0v) is 15.8. The predicted molar refractivity (Wildman–Crippen MR) is 112 cm³/mol. The first kappa shape index (κ1) is 17.4. The van der Waals surface area contributed by atoms with E-state index in [1.165, 1.54) is 16.8 Å². The summed E-state index contributed by atoms with van der Waals surface area (Å²) in [5.74, 6) is 1.02. The van der Waals surface area contributed by atoms with Crippen LogP contribution in [-0.4, -0.2) is 6.10 Å². The van der Waals surface area contributed by atoms with Crippen LogP contribution in [0.5, 0.6) is 0 Å². The predicted octanol–water partition coefficient (Wildman–Crippen LogP) is 6.30. The zero-order chi connectivity index (χ0) is 18.6. The van der Waals surface area contributed by atoms with Crippen molar-refractivity contribution in [1.29, 1.82) is 0 Å². The lowest BCUT2D eigenvalue weighted by Crippen LogP contribution is -2.28. The highest BCUT2D eigenvalue weighted by Crippen LogP contribution is 2.46. The third-order valence-corrected chi connectivity index (χ3v) is 4.85. The summed E-state index contributed by atoms with van der Waals surface area (Å²) in [7, 11) is 0. The minimum Gasteiger partial charge on any atom is -0.493 e. The molecule has 136 valence electrons. The second-order valence-electron chi connectivity index (χ2n) is 7.15. The van der Waals surface area contributed by atoms with E-state index in [0.29, 0.717) is 0 Å².